The summed E-state index contributed by atoms with van der Waals surface area (Å²) in [5, 5.41) is 8.48. The first-order chi connectivity index (χ1) is 8.13. The predicted octanol–water partition coefficient (Wildman–Crippen LogP) is 3.21. The number of unbranched alkanes of at least 4 members (excludes halogenated alkanes) is 1. The summed E-state index contributed by atoms with van der Waals surface area (Å²) in [4.78, 5) is 2.15. The molecule has 0 unspecified atom stereocenters. The van der Waals surface area contributed by atoms with Crippen molar-refractivity contribution in [3.05, 3.63) is 24.3 Å². The zero-order valence-corrected chi connectivity index (χ0v) is 10.8. The lowest BCUT2D eigenvalue weighted by Crippen LogP contribution is -2.18. The minimum Gasteiger partial charge on any atom is -0.491 e. The van der Waals surface area contributed by atoms with Crippen LogP contribution in [0.3, 0.4) is 0 Å². The van der Waals surface area contributed by atoms with Crippen molar-refractivity contribution >= 4 is 5.69 Å². The molecule has 0 bridgehead atoms. The molecule has 1 aromatic carbocycles. The monoisotopic (exact) mass is 232 g/mol. The molecule has 3 heteroatoms. The SMILES string of the molecule is CC(C)Oc1ccc(N(C)CCCC#N)cc1. The number of anilines is 1. The van der Waals surface area contributed by atoms with Gasteiger partial charge in [0.05, 0.1) is 12.2 Å². The van der Waals surface area contributed by atoms with Gasteiger partial charge in [0.2, 0.25) is 0 Å². The number of nitriles is 1. The van der Waals surface area contributed by atoms with Gasteiger partial charge in [-0.3, -0.25) is 0 Å². The third kappa shape index (κ3) is 4.78. The van der Waals surface area contributed by atoms with Crippen LogP contribution in [-0.2, 0) is 0 Å². The van der Waals surface area contributed by atoms with E-state index in [1.807, 2.05) is 45.2 Å². The zero-order valence-electron chi connectivity index (χ0n) is 10.8. The van der Waals surface area contributed by atoms with Crippen molar-refractivity contribution in [3.63, 3.8) is 0 Å². The third-order valence-corrected chi connectivity index (χ3v) is 2.43. The van der Waals surface area contributed by atoms with Crippen molar-refractivity contribution in [1.82, 2.24) is 0 Å². The van der Waals surface area contributed by atoms with Crippen molar-refractivity contribution < 1.29 is 4.74 Å². The molecular formula is C14H20N2O. The number of hydrogen-bond donors (Lipinski definition) is 0. The Labute approximate surface area is 104 Å². The van der Waals surface area contributed by atoms with Gasteiger partial charge < -0.3 is 9.64 Å². The Kier molecular flexibility index (Phi) is 5.35. The molecule has 3 nitrogen and oxygen atoms in total. The molecule has 0 fully saturated rings. The molecule has 0 saturated carbocycles. The molecule has 0 N–H and O–H groups in total. The van der Waals surface area contributed by atoms with Crippen LogP contribution in [0.4, 0.5) is 5.69 Å². The maximum atomic E-state index is 8.48. The van der Waals surface area contributed by atoms with Crippen LogP contribution in [0.25, 0.3) is 0 Å². The smallest absolute Gasteiger partial charge is 0.119 e. The molecule has 0 atom stereocenters. The van der Waals surface area contributed by atoms with Crippen molar-refractivity contribution in [2.24, 2.45) is 0 Å². The summed E-state index contributed by atoms with van der Waals surface area (Å²) in [6.07, 6.45) is 1.71. The Bertz CT molecular complexity index is 365. The van der Waals surface area contributed by atoms with E-state index in [1.54, 1.807) is 0 Å². The van der Waals surface area contributed by atoms with Gasteiger partial charge in [-0.05, 0) is 44.5 Å². The van der Waals surface area contributed by atoms with Gasteiger partial charge in [0.25, 0.3) is 0 Å². The standard InChI is InChI=1S/C14H20N2O/c1-12(2)17-14-8-6-13(7-9-14)16(3)11-5-4-10-15/h6-9,12H,4-5,11H2,1-3H3. The lowest BCUT2D eigenvalue weighted by Gasteiger charge is -2.19. The number of ether oxygens (including phenoxy) is 1. The Morgan fingerprint density at radius 2 is 1.94 bits per heavy atom. The highest BCUT2D eigenvalue weighted by atomic mass is 16.5. The second kappa shape index (κ2) is 6.80. The lowest BCUT2D eigenvalue weighted by molar-refractivity contribution is 0.242. The molecule has 1 aromatic rings. The average molecular weight is 232 g/mol. The van der Waals surface area contributed by atoms with Gasteiger partial charge in [-0.2, -0.15) is 5.26 Å². The Hall–Kier alpha value is -1.69. The average Bonchev–Trinajstić information content (AvgIpc) is 2.29. The molecule has 0 heterocycles. The summed E-state index contributed by atoms with van der Waals surface area (Å²) >= 11 is 0. The van der Waals surface area contributed by atoms with Gasteiger partial charge >= 0.3 is 0 Å². The lowest BCUT2D eigenvalue weighted by atomic mass is 10.2. The van der Waals surface area contributed by atoms with Crippen LogP contribution < -0.4 is 9.64 Å². The third-order valence-electron chi connectivity index (χ3n) is 2.43. The summed E-state index contributed by atoms with van der Waals surface area (Å²) < 4.78 is 5.59. The Balaban J connectivity index is 2.52. The normalized spacial score (nSPS) is 10.1. The van der Waals surface area contributed by atoms with Crippen molar-refractivity contribution in [1.29, 1.82) is 5.26 Å². The maximum Gasteiger partial charge on any atom is 0.119 e. The van der Waals surface area contributed by atoms with Crippen molar-refractivity contribution in [2.75, 3.05) is 18.5 Å². The second-order valence-electron chi connectivity index (χ2n) is 4.34. The van der Waals surface area contributed by atoms with Crippen molar-refractivity contribution in [3.8, 4) is 11.8 Å². The molecule has 0 aliphatic carbocycles. The molecular weight excluding hydrogens is 212 g/mol. The van der Waals surface area contributed by atoms with Crippen LogP contribution in [0.5, 0.6) is 5.75 Å². The molecule has 92 valence electrons. The van der Waals surface area contributed by atoms with E-state index >= 15 is 0 Å². The summed E-state index contributed by atoms with van der Waals surface area (Å²) in [5.41, 5.74) is 1.15. The summed E-state index contributed by atoms with van der Waals surface area (Å²) in [7, 11) is 2.04. The van der Waals surface area contributed by atoms with Crippen molar-refractivity contribution in [2.45, 2.75) is 32.8 Å². The van der Waals surface area contributed by atoms with E-state index in [-0.39, 0.29) is 6.10 Å². The molecule has 0 aliphatic rings. The number of benzene rings is 1. The summed E-state index contributed by atoms with van der Waals surface area (Å²) in [6.45, 7) is 4.93. The largest absolute Gasteiger partial charge is 0.491 e. The van der Waals surface area contributed by atoms with E-state index in [2.05, 4.69) is 11.0 Å². The number of hydrogen-bond acceptors (Lipinski definition) is 3. The maximum absolute atomic E-state index is 8.48. The first kappa shape index (κ1) is 13.4. The first-order valence-corrected chi connectivity index (χ1v) is 5.98. The quantitative estimate of drug-likeness (QED) is 0.707. The van der Waals surface area contributed by atoms with Gasteiger partial charge in [0.15, 0.2) is 0 Å². The van der Waals surface area contributed by atoms with Crippen LogP contribution in [0.1, 0.15) is 26.7 Å². The summed E-state index contributed by atoms with van der Waals surface area (Å²) in [5.74, 6) is 0.897. The highest BCUT2D eigenvalue weighted by molar-refractivity contribution is 5.48. The fourth-order valence-electron chi connectivity index (χ4n) is 1.58. The second-order valence-corrected chi connectivity index (χ2v) is 4.34. The Morgan fingerprint density at radius 3 is 2.47 bits per heavy atom. The molecule has 0 radical (unpaired) electrons. The highest BCUT2D eigenvalue weighted by Gasteiger charge is 2.02. The highest BCUT2D eigenvalue weighted by Crippen LogP contribution is 2.19. The van der Waals surface area contributed by atoms with Crippen LogP contribution in [0, 0.1) is 11.3 Å². The van der Waals surface area contributed by atoms with Crippen LogP contribution in [0.2, 0.25) is 0 Å². The topological polar surface area (TPSA) is 36.3 Å². The number of nitrogens with zero attached hydrogens (tertiary/aromatic N) is 2. The predicted molar refractivity (Wildman–Crippen MR) is 70.3 cm³/mol. The van der Waals surface area contributed by atoms with Crippen LogP contribution in [-0.4, -0.2) is 19.7 Å². The first-order valence-electron chi connectivity index (χ1n) is 5.98. The minimum atomic E-state index is 0.203. The van der Waals surface area contributed by atoms with Gasteiger partial charge in [-0.25, -0.2) is 0 Å². The Morgan fingerprint density at radius 1 is 1.29 bits per heavy atom. The van der Waals surface area contributed by atoms with E-state index in [4.69, 9.17) is 10.00 Å². The van der Waals surface area contributed by atoms with E-state index in [9.17, 15) is 0 Å². The van der Waals surface area contributed by atoms with Gasteiger partial charge in [0, 0.05) is 25.7 Å². The van der Waals surface area contributed by atoms with E-state index < -0.39 is 0 Å². The van der Waals surface area contributed by atoms with E-state index in [1.165, 1.54) is 0 Å². The minimum absolute atomic E-state index is 0.203. The van der Waals surface area contributed by atoms with Crippen LogP contribution in [0.15, 0.2) is 24.3 Å². The molecule has 0 spiro atoms. The molecule has 0 aliphatic heterocycles. The summed E-state index contributed by atoms with van der Waals surface area (Å²) in [6, 6.07) is 10.2. The zero-order chi connectivity index (χ0) is 12.7. The van der Waals surface area contributed by atoms with Gasteiger partial charge in [0.1, 0.15) is 5.75 Å². The molecule has 0 aromatic heterocycles. The van der Waals surface area contributed by atoms with E-state index in [0.717, 1.165) is 24.4 Å². The van der Waals surface area contributed by atoms with Gasteiger partial charge in [-0.15, -0.1) is 0 Å². The molecule has 0 amide bonds. The molecule has 0 saturated heterocycles. The van der Waals surface area contributed by atoms with E-state index in [0.29, 0.717) is 6.42 Å². The molecule has 17 heavy (non-hydrogen) atoms. The van der Waals surface area contributed by atoms with Gasteiger partial charge in [-0.1, -0.05) is 0 Å². The number of rotatable bonds is 6. The fourth-order valence-corrected chi connectivity index (χ4v) is 1.58. The molecule has 1 rings (SSSR count). The fraction of sp³-hybridized carbons (Fsp3) is 0.500. The van der Waals surface area contributed by atoms with Crippen LogP contribution >= 0.6 is 0 Å².